The average molecular weight is 440 g/mol. The number of fused-ring (bicyclic) bond motifs is 1. The topological polar surface area (TPSA) is 50.7 Å². The van der Waals surface area contributed by atoms with Crippen molar-refractivity contribution in [2.24, 2.45) is 0 Å². The number of benzene rings is 3. The highest BCUT2D eigenvalue weighted by molar-refractivity contribution is 6.33. The molecule has 0 saturated carbocycles. The Hall–Kier alpha value is -1.95. The summed E-state index contributed by atoms with van der Waals surface area (Å²) >= 11 is 6.76. The van der Waals surface area contributed by atoms with Crippen LogP contribution in [-0.2, 0) is 15.1 Å². The van der Waals surface area contributed by atoms with Crippen LogP contribution in [0.15, 0.2) is 60.7 Å². The van der Waals surface area contributed by atoms with Crippen LogP contribution in [0.3, 0.4) is 0 Å². The van der Waals surface area contributed by atoms with Gasteiger partial charge in [0.2, 0.25) is 0 Å². The summed E-state index contributed by atoms with van der Waals surface area (Å²) in [6.45, 7) is 2.65. The summed E-state index contributed by atoms with van der Waals surface area (Å²) in [5.41, 5.74) is 1.53. The Morgan fingerprint density at radius 2 is 1.94 bits per heavy atom. The van der Waals surface area contributed by atoms with Crippen LogP contribution in [-0.4, -0.2) is 44.6 Å². The number of hydrogen-bond acceptors (Lipinski definition) is 4. The molecule has 2 atom stereocenters. The summed E-state index contributed by atoms with van der Waals surface area (Å²) in [6.07, 6.45) is 1.93. The summed E-state index contributed by atoms with van der Waals surface area (Å²) in [5, 5.41) is 18.4. The van der Waals surface area contributed by atoms with Crippen molar-refractivity contribution in [2.75, 3.05) is 33.4 Å². The van der Waals surface area contributed by atoms with Crippen molar-refractivity contribution in [1.29, 1.82) is 0 Å². The SMILES string of the molecule is COCCCC[C@@](O)(c1cccc(Cl)c1-c1ccc2ccccc2c1)C1CNCCO1. The smallest absolute Gasteiger partial charge is 0.118 e. The largest absolute Gasteiger partial charge is 0.385 e. The lowest BCUT2D eigenvalue weighted by Crippen LogP contribution is -2.51. The van der Waals surface area contributed by atoms with E-state index in [0.29, 0.717) is 31.2 Å². The van der Waals surface area contributed by atoms with E-state index < -0.39 is 5.60 Å². The van der Waals surface area contributed by atoms with Gasteiger partial charge in [-0.1, -0.05) is 60.1 Å². The number of ether oxygens (including phenoxy) is 2. The molecule has 164 valence electrons. The molecule has 0 bridgehead atoms. The number of methoxy groups -OCH3 is 1. The molecule has 1 unspecified atom stereocenters. The zero-order valence-corrected chi connectivity index (χ0v) is 18.7. The predicted octanol–water partition coefficient (Wildman–Crippen LogP) is 5.15. The van der Waals surface area contributed by atoms with Gasteiger partial charge in [0.05, 0.1) is 6.61 Å². The monoisotopic (exact) mass is 439 g/mol. The van der Waals surface area contributed by atoms with Crippen molar-refractivity contribution < 1.29 is 14.6 Å². The van der Waals surface area contributed by atoms with Gasteiger partial charge in [-0.3, -0.25) is 0 Å². The molecular formula is C26H30ClNO3. The van der Waals surface area contributed by atoms with E-state index in [4.69, 9.17) is 21.1 Å². The normalized spacial score (nSPS) is 18.7. The van der Waals surface area contributed by atoms with Gasteiger partial charge >= 0.3 is 0 Å². The minimum absolute atomic E-state index is 0.346. The van der Waals surface area contributed by atoms with Crippen LogP contribution in [0.1, 0.15) is 24.8 Å². The molecule has 2 N–H and O–H groups in total. The summed E-state index contributed by atoms with van der Waals surface area (Å²) < 4.78 is 11.3. The lowest BCUT2D eigenvalue weighted by Gasteiger charge is -2.40. The maximum Gasteiger partial charge on any atom is 0.118 e. The van der Waals surface area contributed by atoms with Crippen molar-refractivity contribution in [3.63, 3.8) is 0 Å². The van der Waals surface area contributed by atoms with E-state index in [9.17, 15) is 5.11 Å². The Morgan fingerprint density at radius 1 is 1.10 bits per heavy atom. The number of halogens is 1. The second-order valence-corrected chi connectivity index (χ2v) is 8.57. The van der Waals surface area contributed by atoms with E-state index in [1.54, 1.807) is 7.11 Å². The standard InChI is InChI=1S/C26H30ClNO3/c1-30-15-5-4-13-26(29,24-18-28-14-16-31-24)22-9-6-10-23(27)25(22)21-12-11-19-7-2-3-8-20(19)17-21/h2-3,6-12,17,24,28-29H,4-5,13-16,18H2,1H3/t24?,26-/m1/s1. The molecule has 4 rings (SSSR count). The van der Waals surface area contributed by atoms with Gasteiger partial charge in [-0.25, -0.2) is 0 Å². The molecule has 3 aromatic carbocycles. The third-order valence-corrected chi connectivity index (χ3v) is 6.45. The molecule has 0 amide bonds. The van der Waals surface area contributed by atoms with Crippen molar-refractivity contribution in [2.45, 2.75) is 31.0 Å². The van der Waals surface area contributed by atoms with E-state index in [1.165, 1.54) is 5.39 Å². The molecule has 0 aromatic heterocycles. The first kappa shape index (κ1) is 22.3. The summed E-state index contributed by atoms with van der Waals surface area (Å²) in [6, 6.07) is 20.4. The van der Waals surface area contributed by atoms with Gasteiger partial charge in [-0.05, 0) is 53.3 Å². The Balaban J connectivity index is 1.80. The van der Waals surface area contributed by atoms with Crippen molar-refractivity contribution in [1.82, 2.24) is 5.32 Å². The van der Waals surface area contributed by atoms with Crippen molar-refractivity contribution in [3.05, 3.63) is 71.2 Å². The Bertz CT molecular complexity index is 1020. The van der Waals surface area contributed by atoms with Crippen LogP contribution in [0.25, 0.3) is 21.9 Å². The fraction of sp³-hybridized carbons (Fsp3) is 0.385. The lowest BCUT2D eigenvalue weighted by molar-refractivity contribution is -0.129. The minimum atomic E-state index is -1.16. The van der Waals surface area contributed by atoms with Gasteiger partial charge in [0.25, 0.3) is 0 Å². The Morgan fingerprint density at radius 3 is 2.71 bits per heavy atom. The molecule has 3 aromatic rings. The van der Waals surface area contributed by atoms with E-state index in [0.717, 1.165) is 41.5 Å². The third-order valence-electron chi connectivity index (χ3n) is 6.13. The fourth-order valence-corrected chi connectivity index (χ4v) is 4.79. The van der Waals surface area contributed by atoms with Gasteiger partial charge in [0, 0.05) is 37.4 Å². The maximum absolute atomic E-state index is 12.1. The van der Waals surface area contributed by atoms with Gasteiger partial charge in [0.1, 0.15) is 11.7 Å². The first-order valence-corrected chi connectivity index (χ1v) is 11.3. The zero-order valence-electron chi connectivity index (χ0n) is 17.9. The second kappa shape index (κ2) is 10.1. The highest BCUT2D eigenvalue weighted by atomic mass is 35.5. The molecule has 1 fully saturated rings. The minimum Gasteiger partial charge on any atom is -0.385 e. The molecule has 4 nitrogen and oxygen atoms in total. The van der Waals surface area contributed by atoms with Gasteiger partial charge in [-0.2, -0.15) is 0 Å². The number of hydrogen-bond donors (Lipinski definition) is 2. The summed E-state index contributed by atoms with van der Waals surface area (Å²) in [7, 11) is 1.70. The molecule has 1 aliphatic heterocycles. The van der Waals surface area contributed by atoms with E-state index in [2.05, 4.69) is 35.6 Å². The van der Waals surface area contributed by atoms with Crippen LogP contribution in [0.5, 0.6) is 0 Å². The highest BCUT2D eigenvalue weighted by Crippen LogP contribution is 2.42. The van der Waals surface area contributed by atoms with E-state index >= 15 is 0 Å². The first-order valence-electron chi connectivity index (χ1n) is 11.0. The molecule has 1 heterocycles. The van der Waals surface area contributed by atoms with Crippen LogP contribution in [0, 0.1) is 0 Å². The number of unbranched alkanes of at least 4 members (excludes halogenated alkanes) is 1. The van der Waals surface area contributed by atoms with Crippen LogP contribution in [0.4, 0.5) is 0 Å². The lowest BCUT2D eigenvalue weighted by atomic mass is 9.79. The number of nitrogens with one attached hydrogen (secondary N) is 1. The summed E-state index contributed by atoms with van der Waals surface area (Å²) in [4.78, 5) is 0. The molecule has 0 spiro atoms. The molecular weight excluding hydrogens is 410 g/mol. The van der Waals surface area contributed by atoms with Gasteiger partial charge in [-0.15, -0.1) is 0 Å². The number of morpholine rings is 1. The average Bonchev–Trinajstić information content (AvgIpc) is 2.82. The number of rotatable bonds is 8. The molecule has 0 radical (unpaired) electrons. The third kappa shape index (κ3) is 4.79. The second-order valence-electron chi connectivity index (χ2n) is 8.16. The maximum atomic E-state index is 12.1. The summed E-state index contributed by atoms with van der Waals surface area (Å²) in [5.74, 6) is 0. The Kier molecular flexibility index (Phi) is 7.26. The van der Waals surface area contributed by atoms with Crippen molar-refractivity contribution >= 4 is 22.4 Å². The van der Waals surface area contributed by atoms with Crippen molar-refractivity contribution in [3.8, 4) is 11.1 Å². The quantitative estimate of drug-likeness (QED) is 0.476. The van der Waals surface area contributed by atoms with E-state index in [-0.39, 0.29) is 6.10 Å². The fourth-order valence-electron chi connectivity index (χ4n) is 4.51. The molecule has 1 aliphatic rings. The van der Waals surface area contributed by atoms with Gasteiger partial charge in [0.15, 0.2) is 0 Å². The van der Waals surface area contributed by atoms with E-state index in [1.807, 2.05) is 30.3 Å². The van der Waals surface area contributed by atoms with Crippen LogP contribution < -0.4 is 5.32 Å². The zero-order chi connectivity index (χ0) is 21.7. The predicted molar refractivity (Wildman–Crippen MR) is 127 cm³/mol. The first-order chi connectivity index (χ1) is 15.1. The molecule has 5 heteroatoms. The van der Waals surface area contributed by atoms with Crippen LogP contribution >= 0.6 is 11.6 Å². The Labute approximate surface area is 189 Å². The van der Waals surface area contributed by atoms with Crippen LogP contribution in [0.2, 0.25) is 5.02 Å². The number of aliphatic hydroxyl groups is 1. The van der Waals surface area contributed by atoms with Gasteiger partial charge < -0.3 is 19.9 Å². The molecule has 0 aliphatic carbocycles. The molecule has 1 saturated heterocycles. The highest BCUT2D eigenvalue weighted by Gasteiger charge is 2.41. The molecule has 31 heavy (non-hydrogen) atoms.